The predicted molar refractivity (Wildman–Crippen MR) is 57.5 cm³/mol. The summed E-state index contributed by atoms with van der Waals surface area (Å²) in [7, 11) is -5.17. The molecular weight excluding hydrogens is 427 g/mol. The zero-order valence-corrected chi connectivity index (χ0v) is 12.2. The van der Waals surface area contributed by atoms with Gasteiger partial charge in [-0.2, -0.15) is 0 Å². The van der Waals surface area contributed by atoms with Crippen molar-refractivity contribution in [3.63, 3.8) is 0 Å². The van der Waals surface area contributed by atoms with E-state index in [-0.39, 0.29) is 26.6 Å². The average Bonchev–Trinajstić information content (AvgIpc) is 2.17. The van der Waals surface area contributed by atoms with Crippen LogP contribution in [0.15, 0.2) is 30.3 Å². The van der Waals surface area contributed by atoms with Gasteiger partial charge in [-0.15, -0.1) is 0 Å². The van der Waals surface area contributed by atoms with Crippen LogP contribution < -0.4 is 11.5 Å². The molecule has 100 valence electrons. The van der Waals surface area contributed by atoms with Crippen LogP contribution in [0.3, 0.4) is 0 Å². The molecule has 6 nitrogen and oxygen atoms in total. The second-order valence-corrected chi connectivity index (χ2v) is 4.21. The molecule has 0 aliphatic carbocycles. The molecule has 17 heavy (non-hydrogen) atoms. The molecule has 0 aromatic heterocycles. The molecule has 0 saturated heterocycles. The van der Waals surface area contributed by atoms with Crippen LogP contribution in [0, 0.1) is 0 Å². The second-order valence-electron chi connectivity index (χ2n) is 3.40. The van der Waals surface area contributed by atoms with E-state index in [0.717, 1.165) is 5.56 Å². The van der Waals surface area contributed by atoms with E-state index < -0.39 is 10.4 Å². The summed E-state index contributed by atoms with van der Waals surface area (Å²) in [6, 6.07) is 9.89. The van der Waals surface area contributed by atoms with Crippen LogP contribution in [-0.2, 0) is 37.0 Å². The molecule has 0 radical (unpaired) electrons. The first kappa shape index (κ1) is 19.0. The number of benzene rings is 1. The maximum Gasteiger partial charge on any atom is 2.00 e. The van der Waals surface area contributed by atoms with E-state index in [2.05, 4.69) is 0 Å². The van der Waals surface area contributed by atoms with Gasteiger partial charge in [0.05, 0.1) is 5.54 Å². The molecule has 0 aliphatic rings. The van der Waals surface area contributed by atoms with Crippen LogP contribution in [0.4, 0.5) is 0 Å². The summed E-state index contributed by atoms with van der Waals surface area (Å²) < 4.78 is 34.1. The maximum absolute atomic E-state index is 8.52. The van der Waals surface area contributed by atoms with Crippen molar-refractivity contribution < 1.29 is 38.6 Å². The van der Waals surface area contributed by atoms with Gasteiger partial charge in [0.25, 0.3) is 0 Å². The normalized spacial score (nSPS) is 13.7. The molecule has 0 spiro atoms. The molecule has 0 aliphatic heterocycles. The van der Waals surface area contributed by atoms with Gasteiger partial charge in [-0.25, -0.2) is 0 Å². The molecule has 0 saturated carbocycles. The van der Waals surface area contributed by atoms with Gasteiger partial charge in [-0.3, -0.25) is 8.42 Å². The predicted octanol–water partition coefficient (Wildman–Crippen LogP) is -0.521. The molecular formula is C9H14N2O4PtS. The zero-order chi connectivity index (χ0) is 12.8. The molecule has 1 aromatic rings. The Balaban J connectivity index is 0. The minimum Gasteiger partial charge on any atom is -0.759 e. The molecule has 1 atom stereocenters. The van der Waals surface area contributed by atoms with Gasteiger partial charge in [0.15, 0.2) is 0 Å². The first-order valence-corrected chi connectivity index (χ1v) is 5.71. The van der Waals surface area contributed by atoms with Crippen molar-refractivity contribution in [1.82, 2.24) is 0 Å². The number of rotatable bonds is 2. The van der Waals surface area contributed by atoms with E-state index >= 15 is 0 Å². The Bertz CT molecular complexity index is 400. The van der Waals surface area contributed by atoms with Gasteiger partial charge in [0.1, 0.15) is 0 Å². The molecule has 1 unspecified atom stereocenters. The van der Waals surface area contributed by atoms with E-state index in [9.17, 15) is 0 Å². The molecule has 0 bridgehead atoms. The Morgan fingerprint density at radius 1 is 1.24 bits per heavy atom. The van der Waals surface area contributed by atoms with Crippen LogP contribution in [0.2, 0.25) is 0 Å². The summed E-state index contributed by atoms with van der Waals surface area (Å²) in [5, 5.41) is 0. The molecule has 8 heteroatoms. The Kier molecular flexibility index (Phi) is 8.87. The van der Waals surface area contributed by atoms with E-state index in [4.69, 9.17) is 29.0 Å². The molecule has 1 aromatic carbocycles. The monoisotopic (exact) mass is 441 g/mol. The van der Waals surface area contributed by atoms with Gasteiger partial charge >= 0.3 is 21.1 Å². The van der Waals surface area contributed by atoms with Crippen molar-refractivity contribution in [1.29, 1.82) is 0 Å². The summed E-state index contributed by atoms with van der Waals surface area (Å²) in [5.74, 6) is 0. The smallest absolute Gasteiger partial charge is 0.759 e. The fraction of sp³-hybridized carbons (Fsp3) is 0.333. The van der Waals surface area contributed by atoms with Gasteiger partial charge in [0, 0.05) is 16.9 Å². The van der Waals surface area contributed by atoms with Crippen molar-refractivity contribution in [2.75, 3.05) is 6.54 Å². The van der Waals surface area contributed by atoms with Crippen LogP contribution in [0.25, 0.3) is 0 Å². The van der Waals surface area contributed by atoms with Crippen LogP contribution in [-0.4, -0.2) is 24.1 Å². The SMILES string of the molecule is CC(N)(CN)c1ccccc1.O=S(=O)([O-])[O-].[Pt+2]. The van der Waals surface area contributed by atoms with Gasteiger partial charge in [0.2, 0.25) is 0 Å². The summed E-state index contributed by atoms with van der Waals surface area (Å²) in [6.45, 7) is 2.40. The minimum absolute atomic E-state index is 0. The van der Waals surface area contributed by atoms with Gasteiger partial charge in [-0.1, -0.05) is 30.3 Å². The summed E-state index contributed by atoms with van der Waals surface area (Å²) >= 11 is 0. The molecule has 1 rings (SSSR count). The Hall–Kier alpha value is -0.302. The minimum atomic E-state index is -5.17. The van der Waals surface area contributed by atoms with Crippen molar-refractivity contribution in [2.24, 2.45) is 11.5 Å². The van der Waals surface area contributed by atoms with Crippen LogP contribution in [0.1, 0.15) is 12.5 Å². The van der Waals surface area contributed by atoms with E-state index in [1.54, 1.807) is 0 Å². The van der Waals surface area contributed by atoms with Crippen molar-refractivity contribution in [3.05, 3.63) is 35.9 Å². The van der Waals surface area contributed by atoms with Crippen LogP contribution >= 0.6 is 0 Å². The first-order valence-electron chi connectivity index (χ1n) is 4.38. The van der Waals surface area contributed by atoms with Crippen molar-refractivity contribution in [2.45, 2.75) is 12.5 Å². The first-order chi connectivity index (χ1) is 7.17. The quantitative estimate of drug-likeness (QED) is 0.469. The molecule has 0 amide bonds. The second kappa shape index (κ2) is 7.92. The Morgan fingerprint density at radius 2 is 1.59 bits per heavy atom. The summed E-state index contributed by atoms with van der Waals surface area (Å²) in [4.78, 5) is 0. The third-order valence-electron chi connectivity index (χ3n) is 1.86. The number of hydrogen-bond donors (Lipinski definition) is 2. The van der Waals surface area contributed by atoms with E-state index in [1.807, 2.05) is 37.3 Å². The number of nitrogens with two attached hydrogens (primary N) is 2. The summed E-state index contributed by atoms with van der Waals surface area (Å²) in [5.41, 5.74) is 12.1. The average molecular weight is 441 g/mol. The number of hydrogen-bond acceptors (Lipinski definition) is 6. The van der Waals surface area contributed by atoms with Gasteiger partial charge < -0.3 is 20.6 Å². The molecule has 0 fully saturated rings. The molecule has 0 heterocycles. The standard InChI is InChI=1S/C9H14N2.H2O4S.Pt/c1-9(11,7-10)8-5-3-2-4-6-8;1-5(2,3)4;/h2-6H,7,10-11H2,1H3;(H2,1,2,3,4);/q;;+2/p-2. The topological polar surface area (TPSA) is 132 Å². The zero-order valence-electron chi connectivity index (χ0n) is 9.11. The van der Waals surface area contributed by atoms with E-state index in [1.165, 1.54) is 0 Å². The third-order valence-corrected chi connectivity index (χ3v) is 1.86. The molecule has 4 N–H and O–H groups in total. The maximum atomic E-state index is 8.52. The van der Waals surface area contributed by atoms with Crippen molar-refractivity contribution >= 4 is 10.4 Å². The Labute approximate surface area is 115 Å². The van der Waals surface area contributed by atoms with Crippen LogP contribution in [0.5, 0.6) is 0 Å². The van der Waals surface area contributed by atoms with E-state index in [0.29, 0.717) is 6.54 Å². The van der Waals surface area contributed by atoms with Crippen molar-refractivity contribution in [3.8, 4) is 0 Å². The fourth-order valence-electron chi connectivity index (χ4n) is 0.937. The fourth-order valence-corrected chi connectivity index (χ4v) is 0.937. The third kappa shape index (κ3) is 10.6. The summed E-state index contributed by atoms with van der Waals surface area (Å²) in [6.07, 6.45) is 0. The van der Waals surface area contributed by atoms with Gasteiger partial charge in [-0.05, 0) is 12.5 Å². The Morgan fingerprint density at radius 3 is 1.88 bits per heavy atom. The largest absolute Gasteiger partial charge is 2.00 e.